The van der Waals surface area contributed by atoms with E-state index in [-0.39, 0.29) is 17.6 Å². The highest BCUT2D eigenvalue weighted by Gasteiger charge is 2.35. The standard InChI is InChI=1S/C8H12O3/c1-3-6(7-4-11-7)5(2)8(9)10/h6-7H,2-4H2,1H3,(H,9,10). The number of carbonyl (C=O) groups is 1. The average Bonchev–Trinajstić information content (AvgIpc) is 2.72. The zero-order chi connectivity index (χ0) is 8.43. The molecule has 11 heavy (non-hydrogen) atoms. The van der Waals surface area contributed by atoms with Crippen LogP contribution in [0.4, 0.5) is 0 Å². The first-order valence-corrected chi connectivity index (χ1v) is 3.70. The maximum absolute atomic E-state index is 10.5. The fourth-order valence-electron chi connectivity index (χ4n) is 1.18. The van der Waals surface area contributed by atoms with E-state index in [0.717, 1.165) is 6.42 Å². The average molecular weight is 156 g/mol. The number of carboxylic acid groups (broad SMARTS) is 1. The van der Waals surface area contributed by atoms with Crippen LogP contribution in [0.25, 0.3) is 0 Å². The third-order valence-corrected chi connectivity index (χ3v) is 1.97. The maximum atomic E-state index is 10.5. The molecule has 3 nitrogen and oxygen atoms in total. The van der Waals surface area contributed by atoms with Gasteiger partial charge in [0.1, 0.15) is 0 Å². The Morgan fingerprint density at radius 3 is 2.73 bits per heavy atom. The molecule has 62 valence electrons. The lowest BCUT2D eigenvalue weighted by atomic mass is 9.95. The summed E-state index contributed by atoms with van der Waals surface area (Å²) in [4.78, 5) is 10.5. The first-order valence-electron chi connectivity index (χ1n) is 3.70. The highest BCUT2D eigenvalue weighted by Crippen LogP contribution is 2.28. The van der Waals surface area contributed by atoms with Gasteiger partial charge >= 0.3 is 5.97 Å². The molecule has 0 aromatic heterocycles. The van der Waals surface area contributed by atoms with Crippen LogP contribution >= 0.6 is 0 Å². The Balaban J connectivity index is 2.53. The van der Waals surface area contributed by atoms with E-state index in [1.807, 2.05) is 6.92 Å². The van der Waals surface area contributed by atoms with Crippen molar-refractivity contribution in [2.75, 3.05) is 6.61 Å². The van der Waals surface area contributed by atoms with Crippen molar-refractivity contribution >= 4 is 5.97 Å². The van der Waals surface area contributed by atoms with Gasteiger partial charge in [0.05, 0.1) is 12.7 Å². The van der Waals surface area contributed by atoms with Gasteiger partial charge in [-0.25, -0.2) is 4.79 Å². The molecule has 1 heterocycles. The fourth-order valence-corrected chi connectivity index (χ4v) is 1.18. The van der Waals surface area contributed by atoms with E-state index in [2.05, 4.69) is 6.58 Å². The molecule has 1 aliphatic heterocycles. The summed E-state index contributed by atoms with van der Waals surface area (Å²) in [6.45, 7) is 6.14. The van der Waals surface area contributed by atoms with E-state index >= 15 is 0 Å². The lowest BCUT2D eigenvalue weighted by molar-refractivity contribution is -0.133. The van der Waals surface area contributed by atoms with Gasteiger partial charge in [-0.3, -0.25) is 0 Å². The Labute approximate surface area is 65.7 Å². The van der Waals surface area contributed by atoms with Crippen molar-refractivity contribution < 1.29 is 14.6 Å². The summed E-state index contributed by atoms with van der Waals surface area (Å²) in [7, 11) is 0. The van der Waals surface area contributed by atoms with Gasteiger partial charge in [-0.1, -0.05) is 13.5 Å². The maximum Gasteiger partial charge on any atom is 0.331 e. The van der Waals surface area contributed by atoms with Gasteiger partial charge in [0.15, 0.2) is 0 Å². The summed E-state index contributed by atoms with van der Waals surface area (Å²) in [5, 5.41) is 8.61. The van der Waals surface area contributed by atoms with Crippen LogP contribution in [-0.2, 0) is 9.53 Å². The molecule has 1 N–H and O–H groups in total. The van der Waals surface area contributed by atoms with Gasteiger partial charge in [-0.15, -0.1) is 0 Å². The fraction of sp³-hybridized carbons (Fsp3) is 0.625. The van der Waals surface area contributed by atoms with Crippen LogP contribution < -0.4 is 0 Å². The lowest BCUT2D eigenvalue weighted by Gasteiger charge is -2.10. The summed E-state index contributed by atoms with van der Waals surface area (Å²) in [5.74, 6) is -0.903. The molecule has 0 spiro atoms. The number of hydrogen-bond donors (Lipinski definition) is 1. The van der Waals surface area contributed by atoms with Crippen molar-refractivity contribution in [3.05, 3.63) is 12.2 Å². The van der Waals surface area contributed by atoms with E-state index < -0.39 is 5.97 Å². The predicted octanol–water partition coefficient (Wildman–Crippen LogP) is 1.05. The zero-order valence-corrected chi connectivity index (χ0v) is 6.54. The Morgan fingerprint density at radius 2 is 2.45 bits per heavy atom. The molecular formula is C8H12O3. The summed E-state index contributed by atoms with van der Waals surface area (Å²) in [6, 6.07) is 0. The number of hydrogen-bond acceptors (Lipinski definition) is 2. The van der Waals surface area contributed by atoms with Crippen LogP contribution in [0.15, 0.2) is 12.2 Å². The highest BCUT2D eigenvalue weighted by molar-refractivity contribution is 5.86. The summed E-state index contributed by atoms with van der Waals surface area (Å²) in [6.07, 6.45) is 0.902. The number of epoxide rings is 1. The van der Waals surface area contributed by atoms with Crippen molar-refractivity contribution in [1.29, 1.82) is 0 Å². The van der Waals surface area contributed by atoms with E-state index in [4.69, 9.17) is 9.84 Å². The molecule has 3 heteroatoms. The molecule has 2 unspecified atom stereocenters. The minimum atomic E-state index is -0.910. The minimum absolute atomic E-state index is 0.00694. The topological polar surface area (TPSA) is 49.8 Å². The zero-order valence-electron chi connectivity index (χ0n) is 6.54. The quantitative estimate of drug-likeness (QED) is 0.489. The molecule has 2 atom stereocenters. The molecule has 1 rings (SSSR count). The van der Waals surface area contributed by atoms with Crippen molar-refractivity contribution in [2.45, 2.75) is 19.4 Å². The molecule has 1 fully saturated rings. The van der Waals surface area contributed by atoms with E-state index in [1.54, 1.807) is 0 Å². The highest BCUT2D eigenvalue weighted by atomic mass is 16.6. The molecule has 0 aromatic carbocycles. The van der Waals surface area contributed by atoms with Crippen LogP contribution in [0.2, 0.25) is 0 Å². The van der Waals surface area contributed by atoms with E-state index in [1.165, 1.54) is 0 Å². The van der Waals surface area contributed by atoms with Gasteiger partial charge in [0, 0.05) is 11.5 Å². The van der Waals surface area contributed by atoms with Crippen molar-refractivity contribution in [2.24, 2.45) is 5.92 Å². The molecule has 0 aliphatic carbocycles. The van der Waals surface area contributed by atoms with Gasteiger partial charge in [-0.2, -0.15) is 0 Å². The second-order valence-electron chi connectivity index (χ2n) is 2.72. The molecule has 0 amide bonds. The molecule has 0 radical (unpaired) electrons. The molecular weight excluding hydrogens is 144 g/mol. The third kappa shape index (κ3) is 1.80. The number of rotatable bonds is 4. The number of carboxylic acids is 1. The predicted molar refractivity (Wildman–Crippen MR) is 40.3 cm³/mol. The van der Waals surface area contributed by atoms with Crippen LogP contribution in [0.1, 0.15) is 13.3 Å². The van der Waals surface area contributed by atoms with Crippen molar-refractivity contribution in [3.63, 3.8) is 0 Å². The Bertz CT molecular complexity index is 182. The first kappa shape index (κ1) is 8.27. The monoisotopic (exact) mass is 156 g/mol. The van der Waals surface area contributed by atoms with Gasteiger partial charge in [0.25, 0.3) is 0 Å². The molecule has 0 saturated carbocycles. The Morgan fingerprint density at radius 1 is 1.91 bits per heavy atom. The SMILES string of the molecule is C=C(C(=O)O)C(CC)C1CO1. The molecule has 1 saturated heterocycles. The minimum Gasteiger partial charge on any atom is -0.478 e. The van der Waals surface area contributed by atoms with Crippen molar-refractivity contribution in [3.8, 4) is 0 Å². The van der Waals surface area contributed by atoms with Crippen molar-refractivity contribution in [1.82, 2.24) is 0 Å². The molecule has 0 aromatic rings. The summed E-state index contributed by atoms with van der Waals surface area (Å²) >= 11 is 0. The van der Waals surface area contributed by atoms with E-state index in [0.29, 0.717) is 6.61 Å². The van der Waals surface area contributed by atoms with Crippen LogP contribution in [0, 0.1) is 5.92 Å². The van der Waals surface area contributed by atoms with Crippen LogP contribution in [0.3, 0.4) is 0 Å². The Hall–Kier alpha value is -0.830. The van der Waals surface area contributed by atoms with Gasteiger partial charge in [0.2, 0.25) is 0 Å². The van der Waals surface area contributed by atoms with Crippen LogP contribution in [0.5, 0.6) is 0 Å². The number of ether oxygens (including phenoxy) is 1. The largest absolute Gasteiger partial charge is 0.478 e. The van der Waals surface area contributed by atoms with Crippen LogP contribution in [-0.4, -0.2) is 23.8 Å². The normalized spacial score (nSPS) is 24.3. The Kier molecular flexibility index (Phi) is 2.29. The summed E-state index contributed by atoms with van der Waals surface area (Å²) < 4.78 is 5.01. The second-order valence-corrected chi connectivity index (χ2v) is 2.72. The smallest absolute Gasteiger partial charge is 0.331 e. The van der Waals surface area contributed by atoms with Gasteiger partial charge < -0.3 is 9.84 Å². The first-order chi connectivity index (χ1) is 5.16. The number of aliphatic carboxylic acids is 1. The third-order valence-electron chi connectivity index (χ3n) is 1.97. The van der Waals surface area contributed by atoms with E-state index in [9.17, 15) is 4.79 Å². The molecule has 1 aliphatic rings. The van der Waals surface area contributed by atoms with Gasteiger partial charge in [-0.05, 0) is 6.42 Å². The molecule has 0 bridgehead atoms. The second kappa shape index (κ2) is 3.05. The summed E-state index contributed by atoms with van der Waals surface area (Å²) in [5.41, 5.74) is 0.273. The lowest BCUT2D eigenvalue weighted by Crippen LogP contribution is -2.16.